The van der Waals surface area contributed by atoms with Gasteiger partial charge < -0.3 is 10.6 Å². The lowest BCUT2D eigenvalue weighted by atomic mass is 10.1. The number of para-hydroxylation sites is 1. The van der Waals surface area contributed by atoms with E-state index in [1.807, 2.05) is 56.3 Å². The maximum Gasteiger partial charge on any atom is 0.228 e. The van der Waals surface area contributed by atoms with Crippen molar-refractivity contribution in [2.24, 2.45) is 11.8 Å². The van der Waals surface area contributed by atoms with Crippen molar-refractivity contribution in [1.82, 2.24) is 0 Å². The summed E-state index contributed by atoms with van der Waals surface area (Å²) in [7, 11) is 0. The van der Waals surface area contributed by atoms with Gasteiger partial charge in [0.1, 0.15) is 0 Å². The van der Waals surface area contributed by atoms with Gasteiger partial charge in [0, 0.05) is 11.4 Å². The van der Waals surface area contributed by atoms with Gasteiger partial charge in [-0.1, -0.05) is 37.3 Å². The number of anilines is 2. The van der Waals surface area contributed by atoms with Crippen molar-refractivity contribution in [3.05, 3.63) is 59.2 Å². The molecule has 2 N–H and O–H groups in total. The maximum absolute atomic E-state index is 12.4. The molecule has 0 saturated heterocycles. The predicted octanol–water partition coefficient (Wildman–Crippen LogP) is 4.08. The monoisotopic (exact) mass is 336 g/mol. The molecule has 0 aromatic heterocycles. The molecule has 0 bridgehead atoms. The van der Waals surface area contributed by atoms with Gasteiger partial charge in [-0.25, -0.2) is 0 Å². The van der Waals surface area contributed by atoms with Crippen LogP contribution in [0.3, 0.4) is 0 Å². The van der Waals surface area contributed by atoms with E-state index in [4.69, 9.17) is 0 Å². The van der Waals surface area contributed by atoms with E-state index >= 15 is 0 Å². The second kappa shape index (κ2) is 7.09. The Morgan fingerprint density at radius 2 is 1.52 bits per heavy atom. The minimum atomic E-state index is -0.242. The first-order valence-electron chi connectivity index (χ1n) is 8.77. The summed E-state index contributed by atoms with van der Waals surface area (Å²) in [5, 5.41) is 5.94. The fourth-order valence-corrected chi connectivity index (χ4v) is 3.06. The van der Waals surface area contributed by atoms with Gasteiger partial charge in [-0.2, -0.15) is 0 Å². The summed E-state index contributed by atoms with van der Waals surface area (Å²) in [5.74, 6) is -0.622. The number of rotatable bonds is 5. The van der Waals surface area contributed by atoms with E-state index in [2.05, 4.69) is 17.6 Å². The van der Waals surface area contributed by atoms with Crippen LogP contribution in [0.2, 0.25) is 0 Å². The van der Waals surface area contributed by atoms with Gasteiger partial charge in [0.15, 0.2) is 0 Å². The number of aryl methyl sites for hydroxylation is 2. The average molecular weight is 336 g/mol. The summed E-state index contributed by atoms with van der Waals surface area (Å²) < 4.78 is 0. The summed E-state index contributed by atoms with van der Waals surface area (Å²) in [6, 6.07) is 13.6. The molecular weight excluding hydrogens is 312 g/mol. The minimum absolute atomic E-state index is 0.0676. The van der Waals surface area contributed by atoms with Crippen molar-refractivity contribution >= 4 is 23.2 Å². The minimum Gasteiger partial charge on any atom is -0.326 e. The molecular formula is C21H24N2O2. The molecule has 0 heterocycles. The van der Waals surface area contributed by atoms with Crippen LogP contribution < -0.4 is 10.6 Å². The topological polar surface area (TPSA) is 58.2 Å². The Kier molecular flexibility index (Phi) is 4.88. The predicted molar refractivity (Wildman–Crippen MR) is 101 cm³/mol. The fraction of sp³-hybridized carbons (Fsp3) is 0.333. The number of carbonyl (C=O) groups is 2. The standard InChI is InChI=1S/C21H24N2O2/c1-4-15-9-5-6-10-19(15)23-21(25)17-12-16(17)20(24)22-18-11-7-8-13(2)14(18)3/h5-11,16-17H,4,12H2,1-3H3,(H,22,24)(H,23,25). The molecule has 1 fully saturated rings. The molecule has 4 heteroatoms. The molecule has 3 rings (SSSR count). The first-order valence-corrected chi connectivity index (χ1v) is 8.77. The molecule has 2 atom stereocenters. The van der Waals surface area contributed by atoms with Crippen LogP contribution in [-0.4, -0.2) is 11.8 Å². The van der Waals surface area contributed by atoms with Crippen molar-refractivity contribution in [3.63, 3.8) is 0 Å². The highest BCUT2D eigenvalue weighted by Gasteiger charge is 2.48. The molecule has 1 saturated carbocycles. The van der Waals surface area contributed by atoms with Gasteiger partial charge in [-0.05, 0) is 55.5 Å². The Morgan fingerprint density at radius 3 is 2.20 bits per heavy atom. The quantitative estimate of drug-likeness (QED) is 0.864. The zero-order valence-corrected chi connectivity index (χ0v) is 14.9. The first-order chi connectivity index (χ1) is 12.0. The lowest BCUT2D eigenvalue weighted by Gasteiger charge is -2.11. The smallest absolute Gasteiger partial charge is 0.228 e. The Labute approximate surface area is 148 Å². The molecule has 130 valence electrons. The summed E-state index contributed by atoms with van der Waals surface area (Å²) in [6.07, 6.45) is 1.47. The van der Waals surface area contributed by atoms with Gasteiger partial charge in [0.25, 0.3) is 0 Å². The summed E-state index contributed by atoms with van der Waals surface area (Å²) in [5.41, 5.74) is 4.98. The Hall–Kier alpha value is -2.62. The molecule has 25 heavy (non-hydrogen) atoms. The average Bonchev–Trinajstić information content (AvgIpc) is 3.40. The highest BCUT2D eigenvalue weighted by Crippen LogP contribution is 2.40. The van der Waals surface area contributed by atoms with E-state index in [0.717, 1.165) is 34.5 Å². The third-order valence-electron chi connectivity index (χ3n) is 4.98. The zero-order valence-electron chi connectivity index (χ0n) is 14.9. The number of amides is 2. The first kappa shape index (κ1) is 17.2. The van der Waals surface area contributed by atoms with Gasteiger partial charge >= 0.3 is 0 Å². The van der Waals surface area contributed by atoms with Crippen LogP contribution >= 0.6 is 0 Å². The van der Waals surface area contributed by atoms with E-state index in [1.54, 1.807) is 0 Å². The SMILES string of the molecule is CCc1ccccc1NC(=O)C1CC1C(=O)Nc1cccc(C)c1C. The Morgan fingerprint density at radius 1 is 0.920 bits per heavy atom. The third-order valence-corrected chi connectivity index (χ3v) is 4.98. The lowest BCUT2D eigenvalue weighted by molar-refractivity contribution is -0.122. The number of carbonyl (C=O) groups excluding carboxylic acids is 2. The molecule has 0 spiro atoms. The van der Waals surface area contributed by atoms with Crippen LogP contribution in [0.1, 0.15) is 30.0 Å². The molecule has 1 aliphatic carbocycles. The van der Waals surface area contributed by atoms with Crippen LogP contribution in [0.4, 0.5) is 11.4 Å². The number of benzene rings is 2. The van der Waals surface area contributed by atoms with Crippen molar-refractivity contribution in [2.75, 3.05) is 10.6 Å². The highest BCUT2D eigenvalue weighted by molar-refractivity contribution is 6.03. The summed E-state index contributed by atoms with van der Waals surface area (Å²) in [6.45, 7) is 6.07. The molecule has 2 amide bonds. The van der Waals surface area contributed by atoms with Crippen molar-refractivity contribution in [3.8, 4) is 0 Å². The van der Waals surface area contributed by atoms with Gasteiger partial charge in [0.2, 0.25) is 11.8 Å². The second-order valence-electron chi connectivity index (χ2n) is 6.69. The lowest BCUT2D eigenvalue weighted by Crippen LogP contribution is -2.21. The van der Waals surface area contributed by atoms with E-state index < -0.39 is 0 Å². The van der Waals surface area contributed by atoms with E-state index in [0.29, 0.717) is 6.42 Å². The van der Waals surface area contributed by atoms with Crippen LogP contribution in [0.5, 0.6) is 0 Å². The fourth-order valence-electron chi connectivity index (χ4n) is 3.06. The van der Waals surface area contributed by atoms with E-state index in [1.165, 1.54) is 0 Å². The second-order valence-corrected chi connectivity index (χ2v) is 6.69. The van der Waals surface area contributed by atoms with Gasteiger partial charge in [-0.15, -0.1) is 0 Å². The third kappa shape index (κ3) is 3.73. The van der Waals surface area contributed by atoms with Gasteiger partial charge in [-0.3, -0.25) is 9.59 Å². The molecule has 0 aliphatic heterocycles. The normalized spacial score (nSPS) is 18.5. The summed E-state index contributed by atoms with van der Waals surface area (Å²) >= 11 is 0. The maximum atomic E-state index is 12.4. The largest absolute Gasteiger partial charge is 0.326 e. The molecule has 1 aliphatic rings. The number of hydrogen-bond acceptors (Lipinski definition) is 2. The van der Waals surface area contributed by atoms with E-state index in [-0.39, 0.29) is 23.7 Å². The van der Waals surface area contributed by atoms with E-state index in [9.17, 15) is 9.59 Å². The van der Waals surface area contributed by atoms with Crippen molar-refractivity contribution in [1.29, 1.82) is 0 Å². The van der Waals surface area contributed by atoms with Crippen LogP contribution in [0, 0.1) is 25.7 Å². The Balaban J connectivity index is 1.61. The molecule has 2 aromatic carbocycles. The Bertz CT molecular complexity index is 813. The van der Waals surface area contributed by atoms with Crippen LogP contribution in [0.15, 0.2) is 42.5 Å². The van der Waals surface area contributed by atoms with Crippen molar-refractivity contribution < 1.29 is 9.59 Å². The highest BCUT2D eigenvalue weighted by atomic mass is 16.2. The molecule has 2 aromatic rings. The van der Waals surface area contributed by atoms with Crippen LogP contribution in [-0.2, 0) is 16.0 Å². The zero-order chi connectivity index (χ0) is 18.0. The van der Waals surface area contributed by atoms with Crippen molar-refractivity contribution in [2.45, 2.75) is 33.6 Å². The summed E-state index contributed by atoms with van der Waals surface area (Å²) in [4.78, 5) is 24.9. The number of hydrogen-bond donors (Lipinski definition) is 2. The van der Waals surface area contributed by atoms with Crippen LogP contribution in [0.25, 0.3) is 0 Å². The van der Waals surface area contributed by atoms with Gasteiger partial charge in [0.05, 0.1) is 11.8 Å². The molecule has 2 unspecified atom stereocenters. The number of nitrogens with one attached hydrogen (secondary N) is 2. The molecule has 0 radical (unpaired) electrons. The molecule has 4 nitrogen and oxygen atoms in total.